The third-order valence-corrected chi connectivity index (χ3v) is 18.3. The number of hydrogen-bond donors (Lipinski definition) is 0. The molecule has 0 fully saturated rings. The Hall–Kier alpha value is -8.55. The molecule has 0 aliphatic heterocycles. The highest BCUT2D eigenvalue weighted by Crippen LogP contribution is 2.54. The SMILES string of the molecule is Cc1cc(C)c2c(c1)c1cc(C)cc(C)c1n2-c1cc(N(c2ccc(C(C)(C)C)cc2)c2cc(N(c3ccccc3)c3ccccc3)cc(N(c3ccc(C(C)(C)C)cc3)c3csc4ccc(C(C)(C)C)cc34)c2Cl)cc2oc3ccccc3c12. The second-order valence-corrected chi connectivity index (χ2v) is 27.7. The standard InChI is InChI=1S/C78H73ClN4OS/c1-48-38-50(3)74-62(40-48)63-41-49(2)39-51(4)75(63)83(74)65-43-60(46-70-72(65)61-26-20-21-27-69(61)84-70)81(57-33-28-52(29-34-57)76(5,6)7)66-44-59(80(55-22-16-14-17-23-55)56-24-18-15-19-25-56)45-67(73(66)79)82(58-35-30-53(31-36-58)77(8,9)10)68-47-85-71-37-32-54(42-64(68)71)78(11,12)13/h14-47H,1-13H3. The normalized spacial score (nSPS) is 12.4. The van der Waals surface area contributed by atoms with E-state index in [2.05, 4.69) is 315 Å². The van der Waals surface area contributed by atoms with Crippen molar-refractivity contribution in [3.05, 3.63) is 250 Å². The molecule has 0 unspecified atom stereocenters. The third-order valence-electron chi connectivity index (χ3n) is 17.0. The lowest BCUT2D eigenvalue weighted by atomic mass is 9.86. The number of halogens is 1. The summed E-state index contributed by atoms with van der Waals surface area (Å²) in [5.74, 6) is 0. The predicted octanol–water partition coefficient (Wildman–Crippen LogP) is 24.1. The summed E-state index contributed by atoms with van der Waals surface area (Å²) in [6.07, 6.45) is 0. The number of aryl methyl sites for hydroxylation is 4. The van der Waals surface area contributed by atoms with Crippen molar-refractivity contribution in [2.75, 3.05) is 14.7 Å². The van der Waals surface area contributed by atoms with Crippen LogP contribution >= 0.6 is 22.9 Å². The van der Waals surface area contributed by atoms with Gasteiger partial charge in [0, 0.05) is 60.4 Å². The second kappa shape index (κ2) is 20.9. The molecule has 3 aromatic heterocycles. The maximum absolute atomic E-state index is 8.62. The first-order valence-corrected chi connectivity index (χ1v) is 30.9. The zero-order valence-corrected chi connectivity index (χ0v) is 52.7. The van der Waals surface area contributed by atoms with E-state index in [1.54, 1.807) is 11.3 Å². The smallest absolute Gasteiger partial charge is 0.139 e. The molecule has 0 bridgehead atoms. The van der Waals surface area contributed by atoms with Crippen molar-refractivity contribution in [2.45, 2.75) is 106 Å². The number of rotatable bonds is 10. The van der Waals surface area contributed by atoms with Gasteiger partial charge in [-0.2, -0.15) is 0 Å². The fourth-order valence-electron chi connectivity index (χ4n) is 12.7. The molecule has 13 rings (SSSR count). The summed E-state index contributed by atoms with van der Waals surface area (Å²) in [5.41, 5.74) is 21.8. The number of benzene rings is 10. The highest BCUT2D eigenvalue weighted by molar-refractivity contribution is 7.17. The first kappa shape index (κ1) is 55.6. The molecule has 10 aromatic carbocycles. The average molecular weight is 1150 g/mol. The number of nitrogens with zero attached hydrogens (tertiary/aromatic N) is 4. The van der Waals surface area contributed by atoms with E-state index < -0.39 is 0 Å². The summed E-state index contributed by atoms with van der Waals surface area (Å²) in [5, 5.41) is 8.62. The molecule has 0 aliphatic carbocycles. The summed E-state index contributed by atoms with van der Waals surface area (Å²) in [6, 6.07) is 73.6. The van der Waals surface area contributed by atoms with Gasteiger partial charge in [0.15, 0.2) is 0 Å². The quantitative estimate of drug-likeness (QED) is 0.136. The molecule has 0 radical (unpaired) electrons. The second-order valence-electron chi connectivity index (χ2n) is 26.4. The average Bonchev–Trinajstić information content (AvgIpc) is 1.75. The number of aromatic nitrogens is 1. The van der Waals surface area contributed by atoms with Crippen molar-refractivity contribution in [3.8, 4) is 5.69 Å². The molecule has 424 valence electrons. The Morgan fingerprint density at radius 1 is 0.388 bits per heavy atom. The molecular weight excluding hydrogens is 1080 g/mol. The van der Waals surface area contributed by atoms with Crippen LogP contribution in [0.4, 0.5) is 51.2 Å². The largest absolute Gasteiger partial charge is 0.456 e. The summed E-state index contributed by atoms with van der Waals surface area (Å²) in [6.45, 7) is 29.4. The number of anilines is 9. The van der Waals surface area contributed by atoms with Gasteiger partial charge in [-0.05, 0) is 169 Å². The van der Waals surface area contributed by atoms with Gasteiger partial charge < -0.3 is 23.7 Å². The molecule has 7 heteroatoms. The first-order valence-electron chi connectivity index (χ1n) is 29.7. The van der Waals surface area contributed by atoms with E-state index in [4.69, 9.17) is 16.0 Å². The Morgan fingerprint density at radius 3 is 1.40 bits per heavy atom. The van der Waals surface area contributed by atoms with E-state index in [1.807, 2.05) is 0 Å². The summed E-state index contributed by atoms with van der Waals surface area (Å²) in [4.78, 5) is 7.14. The van der Waals surface area contributed by atoms with Crippen LogP contribution in [0.5, 0.6) is 0 Å². The van der Waals surface area contributed by atoms with E-state index in [0.717, 1.165) is 78.8 Å². The number of furan rings is 1. The molecule has 0 N–H and O–H groups in total. The molecule has 0 saturated heterocycles. The lowest BCUT2D eigenvalue weighted by Crippen LogP contribution is -2.18. The molecular formula is C78H73ClN4OS. The molecule has 5 nitrogen and oxygen atoms in total. The topological polar surface area (TPSA) is 27.8 Å². The van der Waals surface area contributed by atoms with E-state index in [0.29, 0.717) is 5.02 Å². The van der Waals surface area contributed by atoms with Crippen LogP contribution in [0.25, 0.3) is 59.5 Å². The van der Waals surface area contributed by atoms with Gasteiger partial charge in [0.25, 0.3) is 0 Å². The van der Waals surface area contributed by atoms with Crippen molar-refractivity contribution >= 4 is 128 Å². The predicted molar refractivity (Wildman–Crippen MR) is 368 cm³/mol. The van der Waals surface area contributed by atoms with Gasteiger partial charge in [-0.3, -0.25) is 0 Å². The van der Waals surface area contributed by atoms with Crippen molar-refractivity contribution in [1.82, 2.24) is 4.57 Å². The van der Waals surface area contributed by atoms with Crippen molar-refractivity contribution in [1.29, 1.82) is 0 Å². The van der Waals surface area contributed by atoms with Crippen LogP contribution in [0.1, 0.15) is 101 Å². The Kier molecular flexibility index (Phi) is 13.7. The number of hydrogen-bond acceptors (Lipinski definition) is 5. The van der Waals surface area contributed by atoms with Gasteiger partial charge in [0.1, 0.15) is 11.2 Å². The molecule has 0 atom stereocenters. The highest BCUT2D eigenvalue weighted by Gasteiger charge is 2.31. The Morgan fingerprint density at radius 2 is 0.859 bits per heavy atom. The summed E-state index contributed by atoms with van der Waals surface area (Å²) < 4.78 is 10.9. The van der Waals surface area contributed by atoms with E-state index in [1.165, 1.54) is 70.8 Å². The molecule has 3 heterocycles. The zero-order valence-electron chi connectivity index (χ0n) is 51.1. The maximum atomic E-state index is 8.62. The molecule has 0 amide bonds. The number of fused-ring (bicyclic) bond motifs is 7. The van der Waals surface area contributed by atoms with Crippen molar-refractivity contribution in [2.24, 2.45) is 0 Å². The van der Waals surface area contributed by atoms with Gasteiger partial charge in [-0.25, -0.2) is 0 Å². The van der Waals surface area contributed by atoms with Crippen molar-refractivity contribution < 1.29 is 4.42 Å². The van der Waals surface area contributed by atoms with Crippen LogP contribution in [-0.2, 0) is 16.2 Å². The van der Waals surface area contributed by atoms with Crippen molar-refractivity contribution in [3.63, 3.8) is 0 Å². The van der Waals surface area contributed by atoms with Crippen LogP contribution in [0.15, 0.2) is 210 Å². The van der Waals surface area contributed by atoms with Crippen LogP contribution in [0.2, 0.25) is 5.02 Å². The summed E-state index contributed by atoms with van der Waals surface area (Å²) in [7, 11) is 0. The lowest BCUT2D eigenvalue weighted by molar-refractivity contribution is 0.590. The fourth-order valence-corrected chi connectivity index (χ4v) is 13.9. The molecule has 13 aromatic rings. The van der Waals surface area contributed by atoms with Crippen LogP contribution in [0, 0.1) is 27.7 Å². The highest BCUT2D eigenvalue weighted by atomic mass is 35.5. The first-order chi connectivity index (χ1) is 40.6. The summed E-state index contributed by atoms with van der Waals surface area (Å²) >= 11 is 10.4. The maximum Gasteiger partial charge on any atom is 0.139 e. The van der Waals surface area contributed by atoms with E-state index in [-0.39, 0.29) is 16.2 Å². The third kappa shape index (κ3) is 9.93. The van der Waals surface area contributed by atoms with Gasteiger partial charge in [-0.1, -0.05) is 182 Å². The van der Waals surface area contributed by atoms with Gasteiger partial charge in [-0.15, -0.1) is 11.3 Å². The number of thiophene rings is 1. The lowest BCUT2D eigenvalue weighted by Gasteiger charge is -2.34. The Bertz CT molecular complexity index is 4600. The molecule has 85 heavy (non-hydrogen) atoms. The number of para-hydroxylation sites is 3. The van der Waals surface area contributed by atoms with Crippen LogP contribution in [0.3, 0.4) is 0 Å². The zero-order chi connectivity index (χ0) is 59.4. The molecule has 0 spiro atoms. The van der Waals surface area contributed by atoms with E-state index in [9.17, 15) is 0 Å². The molecule has 0 aliphatic rings. The van der Waals surface area contributed by atoms with E-state index >= 15 is 0 Å². The Balaban J connectivity index is 1.18. The monoisotopic (exact) mass is 1150 g/mol. The minimum atomic E-state index is -0.0948. The van der Waals surface area contributed by atoms with Crippen LogP contribution < -0.4 is 14.7 Å². The van der Waals surface area contributed by atoms with Crippen LogP contribution in [-0.4, -0.2) is 4.57 Å². The molecule has 0 saturated carbocycles. The van der Waals surface area contributed by atoms with Gasteiger partial charge >= 0.3 is 0 Å². The Labute approximate surface area is 510 Å². The fraction of sp³-hybridized carbons (Fsp3) is 0.205. The van der Waals surface area contributed by atoms with Gasteiger partial charge in [0.05, 0.1) is 55.6 Å². The minimum Gasteiger partial charge on any atom is -0.456 e. The van der Waals surface area contributed by atoms with Gasteiger partial charge in [0.2, 0.25) is 0 Å². The minimum absolute atomic E-state index is 0.0615.